The van der Waals surface area contributed by atoms with Crippen LogP contribution in [0.1, 0.15) is 37.7 Å². The molecule has 4 heteroatoms. The minimum Gasteiger partial charge on any atom is -0.501 e. The normalized spacial score (nSPS) is 17.2. The second-order valence-corrected chi connectivity index (χ2v) is 4.99. The Morgan fingerprint density at radius 2 is 2.12 bits per heavy atom. The van der Waals surface area contributed by atoms with Crippen molar-refractivity contribution in [2.45, 2.75) is 32.1 Å². The van der Waals surface area contributed by atoms with E-state index in [1.54, 1.807) is 6.08 Å². The molecule has 0 unspecified atom stereocenters. The second-order valence-electron chi connectivity index (χ2n) is 4.21. The van der Waals surface area contributed by atoms with Gasteiger partial charge in [0.25, 0.3) is 0 Å². The number of aliphatic hydroxyl groups is 1. The molecule has 1 aromatic rings. The Labute approximate surface area is 105 Å². The molecule has 1 aromatic heterocycles. The van der Waals surface area contributed by atoms with Gasteiger partial charge in [-0.05, 0) is 43.2 Å². The van der Waals surface area contributed by atoms with E-state index in [0.29, 0.717) is 0 Å². The van der Waals surface area contributed by atoms with Crippen molar-refractivity contribution in [1.82, 2.24) is 0 Å². The van der Waals surface area contributed by atoms with Crippen LogP contribution in [0.15, 0.2) is 34.2 Å². The van der Waals surface area contributed by atoms with Crippen molar-refractivity contribution in [1.29, 1.82) is 5.39 Å². The van der Waals surface area contributed by atoms with Crippen molar-refractivity contribution in [3.63, 3.8) is 0 Å². The highest BCUT2D eigenvalue weighted by molar-refractivity contribution is 7.08. The summed E-state index contributed by atoms with van der Waals surface area (Å²) >= 11 is 1.51. The van der Waals surface area contributed by atoms with Gasteiger partial charge >= 0.3 is 5.70 Å². The van der Waals surface area contributed by atoms with Crippen molar-refractivity contribution in [2.24, 2.45) is 0 Å². The monoisotopic (exact) mass is 247 g/mol. The van der Waals surface area contributed by atoms with Crippen LogP contribution in [0, 0.1) is 5.39 Å². The van der Waals surface area contributed by atoms with Crippen LogP contribution < -0.4 is 0 Å². The lowest BCUT2D eigenvalue weighted by Crippen LogP contribution is -1.95. The van der Waals surface area contributed by atoms with Gasteiger partial charge in [-0.3, -0.25) is 0 Å². The van der Waals surface area contributed by atoms with Gasteiger partial charge in [0.05, 0.1) is 5.56 Å². The summed E-state index contributed by atoms with van der Waals surface area (Å²) in [5.74, 6) is 0.0581. The number of nitrogens with zero attached hydrogens (tertiary/aromatic N) is 2. The molecule has 1 saturated carbocycles. The molecule has 0 radical (unpaired) electrons. The van der Waals surface area contributed by atoms with Gasteiger partial charge in [0.2, 0.25) is 11.2 Å². The Balaban J connectivity index is 2.27. The van der Waals surface area contributed by atoms with Gasteiger partial charge in [-0.1, -0.05) is 12.0 Å². The van der Waals surface area contributed by atoms with E-state index < -0.39 is 0 Å². The number of hydrogen-bond donors (Lipinski definition) is 1. The zero-order valence-corrected chi connectivity index (χ0v) is 10.4. The molecule has 0 amide bonds. The summed E-state index contributed by atoms with van der Waals surface area (Å²) in [6, 6.07) is 1.83. The Morgan fingerprint density at radius 1 is 1.35 bits per heavy atom. The third-order valence-corrected chi connectivity index (χ3v) is 3.66. The molecule has 17 heavy (non-hydrogen) atoms. The summed E-state index contributed by atoms with van der Waals surface area (Å²) in [6.45, 7) is 0. The summed E-state index contributed by atoms with van der Waals surface area (Å²) in [4.78, 5) is 3.19. The van der Waals surface area contributed by atoms with Crippen LogP contribution in [0.3, 0.4) is 0 Å². The quantitative estimate of drug-likeness (QED) is 0.607. The molecular formula is C13H15N2OS+. The third kappa shape index (κ3) is 2.95. The molecule has 1 fully saturated rings. The largest absolute Gasteiger partial charge is 0.501 e. The van der Waals surface area contributed by atoms with Gasteiger partial charge in [-0.2, -0.15) is 11.3 Å². The third-order valence-electron chi connectivity index (χ3n) is 2.97. The van der Waals surface area contributed by atoms with E-state index in [1.807, 2.05) is 16.8 Å². The fraction of sp³-hybridized carbons (Fsp3) is 0.385. The lowest BCUT2D eigenvalue weighted by Gasteiger charge is -2.12. The van der Waals surface area contributed by atoms with E-state index in [-0.39, 0.29) is 11.5 Å². The second kappa shape index (κ2) is 5.65. The van der Waals surface area contributed by atoms with Crippen LogP contribution in [0.5, 0.6) is 0 Å². The van der Waals surface area contributed by atoms with Gasteiger partial charge in [-0.25, -0.2) is 0 Å². The highest BCUT2D eigenvalue weighted by atomic mass is 32.1. The molecule has 88 valence electrons. The maximum atomic E-state index is 9.99. The molecule has 0 bridgehead atoms. The van der Waals surface area contributed by atoms with Gasteiger partial charge in [0.15, 0.2) is 4.98 Å². The Hall–Kier alpha value is -1.60. The van der Waals surface area contributed by atoms with Crippen LogP contribution >= 0.6 is 11.3 Å². The molecule has 1 N–H and O–H groups in total. The molecule has 2 rings (SSSR count). The number of hydrogen-bond acceptors (Lipinski definition) is 3. The van der Waals surface area contributed by atoms with Crippen LogP contribution in [0.25, 0.3) is 10.7 Å². The molecule has 0 saturated heterocycles. The first-order valence-electron chi connectivity index (χ1n) is 5.81. The van der Waals surface area contributed by atoms with Crippen molar-refractivity contribution in [2.75, 3.05) is 0 Å². The molecule has 0 aromatic carbocycles. The number of aliphatic hydroxyl groups excluding tert-OH is 1. The maximum Gasteiger partial charge on any atom is 0.433 e. The van der Waals surface area contributed by atoms with Crippen molar-refractivity contribution >= 4 is 17.0 Å². The van der Waals surface area contributed by atoms with E-state index in [9.17, 15) is 5.11 Å². The summed E-state index contributed by atoms with van der Waals surface area (Å²) < 4.78 is 0. The first kappa shape index (κ1) is 11.9. The van der Waals surface area contributed by atoms with E-state index in [1.165, 1.54) is 36.2 Å². The Kier molecular flexibility index (Phi) is 3.94. The van der Waals surface area contributed by atoms with E-state index in [0.717, 1.165) is 18.4 Å². The molecule has 1 aliphatic carbocycles. The molecule has 1 heterocycles. The topological polar surface area (TPSA) is 48.4 Å². The van der Waals surface area contributed by atoms with Gasteiger partial charge in [-0.15, -0.1) is 0 Å². The SMILES string of the molecule is N#[N+]/C(=C(/O)C=C1CCCCC1)c1ccsc1. The van der Waals surface area contributed by atoms with Crippen LogP contribution in [0.2, 0.25) is 0 Å². The first-order valence-corrected chi connectivity index (χ1v) is 6.76. The van der Waals surface area contributed by atoms with E-state index in [2.05, 4.69) is 4.98 Å². The lowest BCUT2D eigenvalue weighted by molar-refractivity contribution is 0.432. The van der Waals surface area contributed by atoms with Crippen molar-refractivity contribution in [3.05, 3.63) is 44.8 Å². The molecular weight excluding hydrogens is 232 g/mol. The predicted octanol–water partition coefficient (Wildman–Crippen LogP) is 4.72. The summed E-state index contributed by atoms with van der Waals surface area (Å²) in [5.41, 5.74) is 2.25. The molecule has 0 aliphatic heterocycles. The fourth-order valence-electron chi connectivity index (χ4n) is 2.07. The molecule has 1 aliphatic rings. The zero-order valence-electron chi connectivity index (χ0n) is 9.59. The van der Waals surface area contributed by atoms with E-state index >= 15 is 0 Å². The molecule has 0 atom stereocenters. The highest BCUT2D eigenvalue weighted by Crippen LogP contribution is 2.27. The lowest BCUT2D eigenvalue weighted by atomic mass is 9.94. The maximum absolute atomic E-state index is 9.99. The number of thiophene rings is 1. The summed E-state index contributed by atoms with van der Waals surface area (Å²) in [7, 11) is 0. The highest BCUT2D eigenvalue weighted by Gasteiger charge is 2.21. The van der Waals surface area contributed by atoms with Crippen LogP contribution in [-0.4, -0.2) is 5.11 Å². The van der Waals surface area contributed by atoms with Crippen LogP contribution in [0.4, 0.5) is 0 Å². The average Bonchev–Trinajstić information content (AvgIpc) is 2.85. The first-order chi connectivity index (χ1) is 8.31. The minimum atomic E-state index is 0.0581. The number of allylic oxidation sites excluding steroid dienone is 2. The minimum absolute atomic E-state index is 0.0581. The zero-order chi connectivity index (χ0) is 12.1. The van der Waals surface area contributed by atoms with Crippen molar-refractivity contribution < 1.29 is 5.11 Å². The van der Waals surface area contributed by atoms with Gasteiger partial charge in [0.1, 0.15) is 0 Å². The Morgan fingerprint density at radius 3 is 2.71 bits per heavy atom. The predicted molar refractivity (Wildman–Crippen MR) is 70.1 cm³/mol. The smallest absolute Gasteiger partial charge is 0.433 e. The number of diazo groups is 1. The van der Waals surface area contributed by atoms with Gasteiger partial charge < -0.3 is 5.11 Å². The molecule has 0 spiro atoms. The summed E-state index contributed by atoms with van der Waals surface area (Å²) in [5, 5.41) is 22.7. The van der Waals surface area contributed by atoms with Gasteiger partial charge in [0, 0.05) is 5.38 Å². The molecule has 3 nitrogen and oxygen atoms in total. The van der Waals surface area contributed by atoms with Crippen LogP contribution in [-0.2, 0) is 0 Å². The fourth-order valence-corrected chi connectivity index (χ4v) is 2.71. The number of rotatable bonds is 2. The summed E-state index contributed by atoms with van der Waals surface area (Å²) in [6.07, 6.45) is 7.46. The van der Waals surface area contributed by atoms with Crippen molar-refractivity contribution in [3.8, 4) is 0 Å². The van der Waals surface area contributed by atoms with E-state index in [4.69, 9.17) is 5.39 Å². The standard InChI is InChI=1S/C13H14N2OS/c14-15-13(11-6-7-17-9-11)12(16)8-10-4-2-1-3-5-10/h6-9H,1-5H2/p+1/b13-12+. The Bertz CT molecular complexity index is 472. The average molecular weight is 247 g/mol.